The second-order valence-corrected chi connectivity index (χ2v) is 6.94. The van der Waals surface area contributed by atoms with Crippen molar-refractivity contribution in [2.75, 3.05) is 32.8 Å². The number of aryl methyl sites for hydroxylation is 1. The topological polar surface area (TPSA) is 54.6 Å². The minimum Gasteiger partial charge on any atom is -0.493 e. The van der Waals surface area contributed by atoms with Crippen molar-refractivity contribution in [3.8, 4) is 5.75 Å². The molecule has 0 saturated carbocycles. The van der Waals surface area contributed by atoms with E-state index in [4.69, 9.17) is 9.26 Å². The summed E-state index contributed by atoms with van der Waals surface area (Å²) in [5.74, 6) is 2.50. The zero-order valence-electron chi connectivity index (χ0n) is 15.1. The minimum atomic E-state index is 0.485. The van der Waals surface area contributed by atoms with Gasteiger partial charge in [-0.2, -0.15) is 4.98 Å². The molecule has 6 heteroatoms. The van der Waals surface area contributed by atoms with E-state index < -0.39 is 0 Å². The fourth-order valence-electron chi connectivity index (χ4n) is 3.95. The van der Waals surface area contributed by atoms with Crippen LogP contribution in [0.25, 0.3) is 0 Å². The van der Waals surface area contributed by atoms with Crippen LogP contribution in [-0.4, -0.2) is 52.7 Å². The van der Waals surface area contributed by atoms with Crippen LogP contribution in [0, 0.1) is 6.92 Å². The first-order valence-corrected chi connectivity index (χ1v) is 9.24. The molecule has 0 aliphatic carbocycles. The number of fused-ring (bicyclic) bond motifs is 1. The van der Waals surface area contributed by atoms with Gasteiger partial charge < -0.3 is 9.26 Å². The highest BCUT2D eigenvalue weighted by atomic mass is 16.5. The fourth-order valence-corrected chi connectivity index (χ4v) is 3.95. The third kappa shape index (κ3) is 3.55. The molecule has 25 heavy (non-hydrogen) atoms. The van der Waals surface area contributed by atoms with Gasteiger partial charge in [0.15, 0.2) is 5.82 Å². The molecule has 0 bridgehead atoms. The summed E-state index contributed by atoms with van der Waals surface area (Å²) in [6.07, 6.45) is 2.17. The van der Waals surface area contributed by atoms with Crippen LogP contribution in [0.5, 0.6) is 5.75 Å². The highest BCUT2D eigenvalue weighted by Crippen LogP contribution is 2.32. The van der Waals surface area contributed by atoms with Crippen molar-refractivity contribution in [1.82, 2.24) is 19.9 Å². The lowest BCUT2D eigenvalue weighted by Crippen LogP contribution is -2.47. The Hall–Kier alpha value is -1.92. The van der Waals surface area contributed by atoms with Gasteiger partial charge in [-0.05, 0) is 30.5 Å². The molecule has 0 radical (unpaired) electrons. The van der Waals surface area contributed by atoms with Crippen molar-refractivity contribution in [3.63, 3.8) is 0 Å². The van der Waals surface area contributed by atoms with Crippen LogP contribution in [0.1, 0.15) is 42.2 Å². The largest absolute Gasteiger partial charge is 0.493 e. The molecule has 4 rings (SSSR count). The Labute approximate surface area is 148 Å². The monoisotopic (exact) mass is 342 g/mol. The van der Waals surface area contributed by atoms with Gasteiger partial charge in [-0.25, -0.2) is 0 Å². The van der Waals surface area contributed by atoms with E-state index in [9.17, 15) is 0 Å². The number of ether oxygens (including phenoxy) is 1. The molecule has 1 unspecified atom stereocenters. The lowest BCUT2D eigenvalue weighted by Gasteiger charge is -2.39. The minimum absolute atomic E-state index is 0.485. The molecule has 2 aliphatic heterocycles. The molecule has 2 aromatic rings. The Morgan fingerprint density at radius 2 is 2.04 bits per heavy atom. The van der Waals surface area contributed by atoms with Crippen LogP contribution in [0.3, 0.4) is 0 Å². The first-order chi connectivity index (χ1) is 12.2. The summed E-state index contributed by atoms with van der Waals surface area (Å²) < 4.78 is 10.9. The number of aromatic nitrogens is 2. The Morgan fingerprint density at radius 3 is 2.76 bits per heavy atom. The van der Waals surface area contributed by atoms with E-state index in [1.54, 1.807) is 0 Å². The lowest BCUT2D eigenvalue weighted by molar-refractivity contribution is 0.0830. The maximum atomic E-state index is 5.64. The van der Waals surface area contributed by atoms with E-state index in [0.29, 0.717) is 11.9 Å². The van der Waals surface area contributed by atoms with Crippen molar-refractivity contribution in [3.05, 3.63) is 41.0 Å². The molecule has 2 aliphatic rings. The summed E-state index contributed by atoms with van der Waals surface area (Å²) in [5.41, 5.74) is 2.79. The summed E-state index contributed by atoms with van der Waals surface area (Å²) in [5, 5.41) is 3.87. The molecule has 1 atom stereocenters. The van der Waals surface area contributed by atoms with E-state index in [1.807, 2.05) is 6.92 Å². The molecule has 0 spiro atoms. The maximum Gasteiger partial charge on any atom is 0.240 e. The summed E-state index contributed by atoms with van der Waals surface area (Å²) in [7, 11) is 0. The molecular formula is C19H26N4O2. The molecule has 1 aromatic carbocycles. The van der Waals surface area contributed by atoms with Gasteiger partial charge in [0.05, 0.1) is 13.2 Å². The maximum absolute atomic E-state index is 5.64. The third-order valence-corrected chi connectivity index (χ3v) is 5.26. The SMILES string of the molecule is CCC(c1ccc2c(c1)CCO2)N1CCN(Cc2nc(C)no2)CC1. The van der Waals surface area contributed by atoms with Crippen molar-refractivity contribution >= 4 is 0 Å². The number of nitrogens with zero attached hydrogens (tertiary/aromatic N) is 4. The molecule has 6 nitrogen and oxygen atoms in total. The molecule has 3 heterocycles. The van der Waals surface area contributed by atoms with Crippen LogP contribution in [0.15, 0.2) is 22.7 Å². The van der Waals surface area contributed by atoms with Crippen molar-refractivity contribution in [2.45, 2.75) is 39.3 Å². The summed E-state index contributed by atoms with van der Waals surface area (Å²) >= 11 is 0. The first-order valence-electron chi connectivity index (χ1n) is 9.24. The molecule has 1 saturated heterocycles. The number of benzene rings is 1. The molecule has 134 valence electrons. The second kappa shape index (κ2) is 7.14. The van der Waals surface area contributed by atoms with E-state index >= 15 is 0 Å². The Morgan fingerprint density at radius 1 is 1.20 bits per heavy atom. The summed E-state index contributed by atoms with van der Waals surface area (Å²) in [4.78, 5) is 9.31. The van der Waals surface area contributed by atoms with Crippen LogP contribution < -0.4 is 4.74 Å². The highest BCUT2D eigenvalue weighted by Gasteiger charge is 2.26. The van der Waals surface area contributed by atoms with Gasteiger partial charge in [0.25, 0.3) is 0 Å². The van der Waals surface area contributed by atoms with Gasteiger partial charge in [-0.1, -0.05) is 24.2 Å². The van der Waals surface area contributed by atoms with Crippen LogP contribution >= 0.6 is 0 Å². The van der Waals surface area contributed by atoms with Crippen molar-refractivity contribution < 1.29 is 9.26 Å². The molecular weight excluding hydrogens is 316 g/mol. The van der Waals surface area contributed by atoms with Gasteiger partial charge in [0, 0.05) is 38.6 Å². The van der Waals surface area contributed by atoms with Gasteiger partial charge in [-0.3, -0.25) is 9.80 Å². The summed E-state index contributed by atoms with van der Waals surface area (Å²) in [6, 6.07) is 7.23. The Balaban J connectivity index is 1.38. The molecule has 1 aromatic heterocycles. The average Bonchev–Trinajstić information content (AvgIpc) is 3.25. The fraction of sp³-hybridized carbons (Fsp3) is 0.579. The van der Waals surface area contributed by atoms with E-state index in [2.05, 4.69) is 45.1 Å². The van der Waals surface area contributed by atoms with Crippen molar-refractivity contribution in [2.24, 2.45) is 0 Å². The van der Waals surface area contributed by atoms with Gasteiger partial charge in [-0.15, -0.1) is 0 Å². The van der Waals surface area contributed by atoms with Crippen LogP contribution in [0.4, 0.5) is 0 Å². The zero-order chi connectivity index (χ0) is 17.2. The predicted molar refractivity (Wildman–Crippen MR) is 94.6 cm³/mol. The van der Waals surface area contributed by atoms with Crippen LogP contribution in [0.2, 0.25) is 0 Å². The zero-order valence-corrected chi connectivity index (χ0v) is 15.1. The quantitative estimate of drug-likeness (QED) is 0.832. The highest BCUT2D eigenvalue weighted by molar-refractivity contribution is 5.40. The van der Waals surface area contributed by atoms with E-state index in [1.165, 1.54) is 11.1 Å². The molecule has 1 fully saturated rings. The Kier molecular flexibility index (Phi) is 4.72. The normalized spacial score (nSPS) is 19.6. The standard InChI is InChI=1S/C19H26N4O2/c1-3-17(15-4-5-18-16(12-15)6-11-24-18)23-9-7-22(8-10-23)13-19-20-14(2)21-25-19/h4-5,12,17H,3,6-11,13H2,1-2H3. The van der Waals surface area contributed by atoms with Crippen LogP contribution in [-0.2, 0) is 13.0 Å². The van der Waals surface area contributed by atoms with E-state index in [0.717, 1.165) is 63.8 Å². The Bertz CT molecular complexity index is 722. The van der Waals surface area contributed by atoms with Gasteiger partial charge in [0.2, 0.25) is 5.89 Å². The van der Waals surface area contributed by atoms with Gasteiger partial charge in [0.1, 0.15) is 5.75 Å². The third-order valence-electron chi connectivity index (χ3n) is 5.26. The predicted octanol–water partition coefficient (Wildman–Crippen LogP) is 2.58. The van der Waals surface area contributed by atoms with Crippen molar-refractivity contribution in [1.29, 1.82) is 0 Å². The average molecular weight is 342 g/mol. The van der Waals surface area contributed by atoms with Gasteiger partial charge >= 0.3 is 0 Å². The smallest absolute Gasteiger partial charge is 0.240 e. The lowest BCUT2D eigenvalue weighted by atomic mass is 9.98. The summed E-state index contributed by atoms with van der Waals surface area (Å²) in [6.45, 7) is 9.92. The molecule has 0 N–H and O–H groups in total. The number of hydrogen-bond donors (Lipinski definition) is 0. The number of hydrogen-bond acceptors (Lipinski definition) is 6. The second-order valence-electron chi connectivity index (χ2n) is 6.94. The number of piperazine rings is 1. The van der Waals surface area contributed by atoms with E-state index in [-0.39, 0.29) is 0 Å². The first kappa shape index (κ1) is 16.5. The molecule has 0 amide bonds. The number of rotatable bonds is 5.